The van der Waals surface area contributed by atoms with E-state index in [1.165, 1.54) is 22.5 Å². The lowest BCUT2D eigenvalue weighted by molar-refractivity contribution is -0.113. The van der Waals surface area contributed by atoms with Gasteiger partial charge in [-0.1, -0.05) is 6.07 Å². The second-order valence-electron chi connectivity index (χ2n) is 6.05. The topological polar surface area (TPSA) is 66.5 Å². The molecule has 1 aliphatic heterocycles. The zero-order valence-electron chi connectivity index (χ0n) is 14.3. The normalized spacial score (nSPS) is 15.0. The van der Waals surface area contributed by atoms with Crippen molar-refractivity contribution in [2.75, 3.05) is 24.2 Å². The van der Waals surface area contributed by atoms with E-state index in [1.54, 1.807) is 12.1 Å². The molecular weight excluding hydrogens is 394 g/mol. The highest BCUT2D eigenvalue weighted by Gasteiger charge is 2.27. The fourth-order valence-electron chi connectivity index (χ4n) is 2.72. The Morgan fingerprint density at radius 3 is 2.52 bits per heavy atom. The lowest BCUT2D eigenvalue weighted by atomic mass is 10.3. The molecule has 5 nitrogen and oxygen atoms in total. The number of nitrogens with zero attached hydrogens (tertiary/aromatic N) is 1. The fourth-order valence-corrected chi connectivity index (χ4v) is 5.01. The SMILES string of the molecule is O=C(CSc1ccc(F)c(F)c1)Nc1cccc(S(=O)(=O)N2CCCC2)c1. The predicted octanol–water partition coefficient (Wildman–Crippen LogP) is 3.48. The summed E-state index contributed by atoms with van der Waals surface area (Å²) in [4.78, 5) is 12.7. The third-order valence-electron chi connectivity index (χ3n) is 4.08. The van der Waals surface area contributed by atoms with Gasteiger partial charge in [-0.2, -0.15) is 4.31 Å². The van der Waals surface area contributed by atoms with E-state index < -0.39 is 21.7 Å². The Balaban J connectivity index is 1.63. The van der Waals surface area contributed by atoms with E-state index in [2.05, 4.69) is 5.32 Å². The van der Waals surface area contributed by atoms with Crippen LogP contribution in [0, 0.1) is 11.6 Å². The van der Waals surface area contributed by atoms with Crippen LogP contribution in [0.2, 0.25) is 0 Å². The van der Waals surface area contributed by atoms with E-state index >= 15 is 0 Å². The number of hydrogen-bond donors (Lipinski definition) is 1. The van der Waals surface area contributed by atoms with Crippen LogP contribution >= 0.6 is 11.8 Å². The highest BCUT2D eigenvalue weighted by atomic mass is 32.2. The van der Waals surface area contributed by atoms with Crippen molar-refractivity contribution in [1.82, 2.24) is 4.31 Å². The monoisotopic (exact) mass is 412 g/mol. The number of hydrogen-bond acceptors (Lipinski definition) is 4. The first-order valence-corrected chi connectivity index (χ1v) is 10.8. The van der Waals surface area contributed by atoms with Crippen LogP contribution < -0.4 is 5.32 Å². The van der Waals surface area contributed by atoms with Crippen LogP contribution in [-0.2, 0) is 14.8 Å². The number of halogens is 2. The number of amides is 1. The number of carbonyl (C=O) groups is 1. The Hall–Kier alpha value is -1.97. The molecule has 0 unspecified atom stereocenters. The first-order chi connectivity index (χ1) is 12.9. The van der Waals surface area contributed by atoms with Crippen molar-refractivity contribution in [3.8, 4) is 0 Å². The molecule has 0 radical (unpaired) electrons. The first-order valence-electron chi connectivity index (χ1n) is 8.34. The van der Waals surface area contributed by atoms with E-state index in [0.29, 0.717) is 23.7 Å². The highest BCUT2D eigenvalue weighted by Crippen LogP contribution is 2.24. The van der Waals surface area contributed by atoms with Gasteiger partial charge in [0, 0.05) is 23.7 Å². The van der Waals surface area contributed by atoms with Crippen molar-refractivity contribution >= 4 is 33.4 Å². The number of carbonyl (C=O) groups excluding carboxylic acids is 1. The van der Waals surface area contributed by atoms with E-state index in [0.717, 1.165) is 36.7 Å². The standard InChI is InChI=1S/C18H18F2N2O3S2/c19-16-7-6-14(11-17(16)20)26-12-18(23)21-13-4-3-5-15(10-13)27(24,25)22-8-1-2-9-22/h3-7,10-11H,1-2,8-9,12H2,(H,21,23). The molecule has 3 rings (SSSR count). The molecule has 0 spiro atoms. The van der Waals surface area contributed by atoms with Crippen LogP contribution in [-0.4, -0.2) is 37.5 Å². The summed E-state index contributed by atoms with van der Waals surface area (Å²) < 4.78 is 52.7. The molecule has 27 heavy (non-hydrogen) atoms. The maximum Gasteiger partial charge on any atom is 0.243 e. The molecule has 1 fully saturated rings. The van der Waals surface area contributed by atoms with Crippen LogP contribution in [0.1, 0.15) is 12.8 Å². The van der Waals surface area contributed by atoms with Gasteiger partial charge in [0.05, 0.1) is 10.6 Å². The molecule has 1 saturated heterocycles. The molecule has 9 heteroatoms. The van der Waals surface area contributed by atoms with Crippen LogP contribution in [0.25, 0.3) is 0 Å². The second-order valence-corrected chi connectivity index (χ2v) is 9.04. The maximum atomic E-state index is 13.2. The van der Waals surface area contributed by atoms with Gasteiger partial charge in [0.1, 0.15) is 0 Å². The molecule has 1 heterocycles. The molecule has 0 atom stereocenters. The summed E-state index contributed by atoms with van der Waals surface area (Å²) in [5.41, 5.74) is 0.367. The first kappa shape index (κ1) is 19.8. The van der Waals surface area contributed by atoms with Crippen molar-refractivity contribution in [2.24, 2.45) is 0 Å². The van der Waals surface area contributed by atoms with Gasteiger partial charge in [0.2, 0.25) is 15.9 Å². The largest absolute Gasteiger partial charge is 0.325 e. The van der Waals surface area contributed by atoms with E-state index in [4.69, 9.17) is 0 Å². The van der Waals surface area contributed by atoms with Crippen molar-refractivity contribution < 1.29 is 22.0 Å². The Morgan fingerprint density at radius 2 is 1.81 bits per heavy atom. The molecule has 0 saturated carbocycles. The maximum absolute atomic E-state index is 13.2. The van der Waals surface area contributed by atoms with Crippen LogP contribution in [0.5, 0.6) is 0 Å². The van der Waals surface area contributed by atoms with Crippen molar-refractivity contribution in [2.45, 2.75) is 22.6 Å². The molecule has 2 aromatic carbocycles. The summed E-state index contributed by atoms with van der Waals surface area (Å²) in [5, 5.41) is 2.63. The minimum absolute atomic E-state index is 0.0197. The molecule has 144 valence electrons. The van der Waals surface area contributed by atoms with Gasteiger partial charge in [-0.3, -0.25) is 4.79 Å². The van der Waals surface area contributed by atoms with Gasteiger partial charge in [0.25, 0.3) is 0 Å². The third kappa shape index (κ3) is 4.85. The van der Waals surface area contributed by atoms with Gasteiger partial charge in [-0.15, -0.1) is 11.8 Å². The van der Waals surface area contributed by atoms with Gasteiger partial charge in [0.15, 0.2) is 11.6 Å². The van der Waals surface area contributed by atoms with Crippen LogP contribution in [0.3, 0.4) is 0 Å². The molecule has 0 aromatic heterocycles. The summed E-state index contributed by atoms with van der Waals surface area (Å²) in [6.45, 7) is 1.01. The Labute approximate surface area is 160 Å². The molecule has 1 amide bonds. The van der Waals surface area contributed by atoms with E-state index in [9.17, 15) is 22.0 Å². The lowest BCUT2D eigenvalue weighted by Gasteiger charge is -2.16. The van der Waals surface area contributed by atoms with Gasteiger partial charge >= 0.3 is 0 Å². The summed E-state index contributed by atoms with van der Waals surface area (Å²) in [6.07, 6.45) is 1.69. The van der Waals surface area contributed by atoms with Gasteiger partial charge < -0.3 is 5.32 Å². The van der Waals surface area contributed by atoms with Crippen molar-refractivity contribution in [3.63, 3.8) is 0 Å². The molecule has 2 aromatic rings. The number of rotatable bonds is 6. The minimum Gasteiger partial charge on any atom is -0.325 e. The molecule has 0 bridgehead atoms. The molecular formula is C18H18F2N2O3S2. The Kier molecular flexibility index (Phi) is 6.13. The highest BCUT2D eigenvalue weighted by molar-refractivity contribution is 8.00. The second kappa shape index (κ2) is 8.37. The zero-order valence-corrected chi connectivity index (χ0v) is 16.0. The zero-order chi connectivity index (χ0) is 19.4. The predicted molar refractivity (Wildman–Crippen MR) is 100 cm³/mol. The van der Waals surface area contributed by atoms with Gasteiger partial charge in [-0.05, 0) is 49.2 Å². The summed E-state index contributed by atoms with van der Waals surface area (Å²) in [6, 6.07) is 9.51. The molecule has 0 aliphatic carbocycles. The summed E-state index contributed by atoms with van der Waals surface area (Å²) >= 11 is 1.06. The van der Waals surface area contributed by atoms with E-state index in [-0.39, 0.29) is 16.6 Å². The Bertz CT molecular complexity index is 945. The number of anilines is 1. The summed E-state index contributed by atoms with van der Waals surface area (Å²) in [7, 11) is -3.56. The smallest absolute Gasteiger partial charge is 0.243 e. The quantitative estimate of drug-likeness (QED) is 0.738. The van der Waals surface area contributed by atoms with Crippen molar-refractivity contribution in [3.05, 3.63) is 54.1 Å². The van der Waals surface area contributed by atoms with E-state index in [1.807, 2.05) is 0 Å². The lowest BCUT2D eigenvalue weighted by Crippen LogP contribution is -2.28. The van der Waals surface area contributed by atoms with Crippen LogP contribution in [0.4, 0.5) is 14.5 Å². The minimum atomic E-state index is -3.56. The number of nitrogens with one attached hydrogen (secondary N) is 1. The van der Waals surface area contributed by atoms with Crippen molar-refractivity contribution in [1.29, 1.82) is 0 Å². The Morgan fingerprint density at radius 1 is 1.07 bits per heavy atom. The average Bonchev–Trinajstić information content (AvgIpc) is 3.18. The fraction of sp³-hybridized carbons (Fsp3) is 0.278. The number of sulfonamides is 1. The number of benzene rings is 2. The third-order valence-corrected chi connectivity index (χ3v) is 6.97. The summed E-state index contributed by atoms with van der Waals surface area (Å²) in [5.74, 6) is -2.31. The molecule has 1 N–H and O–H groups in total. The average molecular weight is 412 g/mol. The van der Waals surface area contributed by atoms with Crippen LogP contribution in [0.15, 0.2) is 52.3 Å². The van der Waals surface area contributed by atoms with Gasteiger partial charge in [-0.25, -0.2) is 17.2 Å². The number of thioether (sulfide) groups is 1. The molecule has 1 aliphatic rings.